The van der Waals surface area contributed by atoms with Gasteiger partial charge in [0.15, 0.2) is 0 Å². The lowest BCUT2D eigenvalue weighted by Crippen LogP contribution is -2.06. The van der Waals surface area contributed by atoms with E-state index < -0.39 is 5.97 Å². The van der Waals surface area contributed by atoms with Crippen LogP contribution in [-0.2, 0) is 4.74 Å². The van der Waals surface area contributed by atoms with Gasteiger partial charge >= 0.3 is 5.97 Å². The van der Waals surface area contributed by atoms with Crippen molar-refractivity contribution in [3.05, 3.63) is 45.7 Å². The van der Waals surface area contributed by atoms with Gasteiger partial charge in [0.05, 0.1) is 24.6 Å². The summed E-state index contributed by atoms with van der Waals surface area (Å²) >= 11 is 2.18. The number of hydrogen-bond acceptors (Lipinski definition) is 5. The van der Waals surface area contributed by atoms with Gasteiger partial charge in [0.1, 0.15) is 5.75 Å². The summed E-state index contributed by atoms with van der Waals surface area (Å²) in [6.07, 6.45) is 1.37. The average Bonchev–Trinajstić information content (AvgIpc) is 2.40. The van der Waals surface area contributed by atoms with Crippen LogP contribution in [0.2, 0.25) is 0 Å². The molecule has 0 aliphatic rings. The summed E-state index contributed by atoms with van der Waals surface area (Å²) in [7, 11) is 1.29. The van der Waals surface area contributed by atoms with Crippen LogP contribution in [0.25, 0.3) is 0 Å². The van der Waals surface area contributed by atoms with E-state index in [-0.39, 0.29) is 17.1 Å². The number of esters is 1. The first-order chi connectivity index (χ1) is 9.10. The Kier molecular flexibility index (Phi) is 4.20. The lowest BCUT2D eigenvalue weighted by Gasteiger charge is -2.08. The number of anilines is 1. The van der Waals surface area contributed by atoms with Gasteiger partial charge < -0.3 is 15.2 Å². The van der Waals surface area contributed by atoms with Crippen LogP contribution in [0.3, 0.4) is 0 Å². The number of nitrogens with zero attached hydrogens (tertiary/aromatic N) is 1. The number of nitrogen functional groups attached to an aromatic ring is 1. The zero-order valence-corrected chi connectivity index (χ0v) is 12.2. The normalized spacial score (nSPS) is 10.0. The number of methoxy groups -OCH3 is 1. The molecule has 19 heavy (non-hydrogen) atoms. The molecule has 2 rings (SSSR count). The summed E-state index contributed by atoms with van der Waals surface area (Å²) in [5, 5.41) is 0. The molecule has 0 unspecified atom stereocenters. The fourth-order valence-electron chi connectivity index (χ4n) is 1.44. The second kappa shape index (κ2) is 5.87. The predicted octanol–water partition coefficient (Wildman–Crippen LogP) is 2.85. The van der Waals surface area contributed by atoms with Gasteiger partial charge in [0, 0.05) is 9.64 Å². The predicted molar refractivity (Wildman–Crippen MR) is 79.2 cm³/mol. The molecule has 6 heteroatoms. The van der Waals surface area contributed by atoms with Crippen molar-refractivity contribution in [3.63, 3.8) is 0 Å². The minimum atomic E-state index is -0.521. The molecule has 98 valence electrons. The summed E-state index contributed by atoms with van der Waals surface area (Å²) in [5.74, 6) is 0.406. The molecule has 0 atom stereocenters. The molecule has 0 aliphatic heterocycles. The van der Waals surface area contributed by atoms with Crippen LogP contribution in [0.5, 0.6) is 11.6 Å². The maximum absolute atomic E-state index is 11.5. The van der Waals surface area contributed by atoms with Gasteiger partial charge in [-0.2, -0.15) is 0 Å². The quantitative estimate of drug-likeness (QED) is 0.665. The Labute approximate surface area is 123 Å². The minimum Gasteiger partial charge on any atom is -0.465 e. The highest BCUT2D eigenvalue weighted by Crippen LogP contribution is 2.24. The van der Waals surface area contributed by atoms with Crippen LogP contribution < -0.4 is 10.5 Å². The number of ether oxygens (including phenoxy) is 2. The third-order valence-electron chi connectivity index (χ3n) is 2.33. The van der Waals surface area contributed by atoms with E-state index in [9.17, 15) is 4.79 Å². The van der Waals surface area contributed by atoms with Crippen molar-refractivity contribution in [2.24, 2.45) is 0 Å². The Morgan fingerprint density at radius 1 is 1.37 bits per heavy atom. The van der Waals surface area contributed by atoms with E-state index in [0.29, 0.717) is 5.75 Å². The second-order valence-corrected chi connectivity index (χ2v) is 4.91. The lowest BCUT2D eigenvalue weighted by molar-refractivity contribution is 0.0601. The number of carbonyl (C=O) groups excluding carboxylic acids is 1. The van der Waals surface area contributed by atoms with Crippen LogP contribution in [0.4, 0.5) is 5.69 Å². The smallest absolute Gasteiger partial charge is 0.340 e. The highest BCUT2D eigenvalue weighted by Gasteiger charge is 2.12. The van der Waals surface area contributed by atoms with Crippen LogP contribution in [0, 0.1) is 3.57 Å². The standard InChI is InChI=1S/C13H11IN2O3/c1-18-13(17)10-6-12(16-7-11(10)15)19-9-4-2-3-8(14)5-9/h2-7H,15H2,1H3. The van der Waals surface area contributed by atoms with E-state index in [4.69, 9.17) is 10.5 Å². The largest absolute Gasteiger partial charge is 0.465 e. The third kappa shape index (κ3) is 3.34. The van der Waals surface area contributed by atoms with Gasteiger partial charge in [-0.1, -0.05) is 6.07 Å². The van der Waals surface area contributed by atoms with Crippen LogP contribution in [0.15, 0.2) is 36.5 Å². The summed E-state index contributed by atoms with van der Waals surface area (Å²) in [4.78, 5) is 15.5. The highest BCUT2D eigenvalue weighted by atomic mass is 127. The van der Waals surface area contributed by atoms with E-state index in [0.717, 1.165) is 3.57 Å². The molecule has 1 aromatic carbocycles. The van der Waals surface area contributed by atoms with E-state index in [1.54, 1.807) is 6.07 Å². The first-order valence-corrected chi connectivity index (χ1v) is 6.45. The molecule has 0 amide bonds. The number of aromatic nitrogens is 1. The molecule has 5 nitrogen and oxygen atoms in total. The van der Waals surface area contributed by atoms with Crippen molar-refractivity contribution in [2.45, 2.75) is 0 Å². The fraction of sp³-hybridized carbons (Fsp3) is 0.0769. The Morgan fingerprint density at radius 2 is 2.16 bits per heavy atom. The first kappa shape index (κ1) is 13.6. The molecule has 0 radical (unpaired) electrons. The van der Waals surface area contributed by atoms with Crippen molar-refractivity contribution in [1.29, 1.82) is 0 Å². The summed E-state index contributed by atoms with van der Waals surface area (Å²) in [6, 6.07) is 8.94. The van der Waals surface area contributed by atoms with Crippen molar-refractivity contribution in [1.82, 2.24) is 4.98 Å². The van der Waals surface area contributed by atoms with Gasteiger partial charge in [-0.3, -0.25) is 0 Å². The highest BCUT2D eigenvalue weighted by molar-refractivity contribution is 14.1. The van der Waals surface area contributed by atoms with Gasteiger partial charge in [0.25, 0.3) is 0 Å². The van der Waals surface area contributed by atoms with Gasteiger partial charge in [-0.25, -0.2) is 9.78 Å². The van der Waals surface area contributed by atoms with Crippen molar-refractivity contribution in [3.8, 4) is 11.6 Å². The number of pyridine rings is 1. The van der Waals surface area contributed by atoms with E-state index in [1.165, 1.54) is 19.4 Å². The number of benzene rings is 1. The second-order valence-electron chi connectivity index (χ2n) is 3.66. The van der Waals surface area contributed by atoms with Gasteiger partial charge in [0.2, 0.25) is 5.88 Å². The van der Waals surface area contributed by atoms with Crippen LogP contribution >= 0.6 is 22.6 Å². The molecule has 1 heterocycles. The topological polar surface area (TPSA) is 74.4 Å². The monoisotopic (exact) mass is 370 g/mol. The number of rotatable bonds is 3. The van der Waals surface area contributed by atoms with E-state index in [2.05, 4.69) is 32.3 Å². The summed E-state index contributed by atoms with van der Waals surface area (Å²) < 4.78 is 11.2. The zero-order chi connectivity index (χ0) is 13.8. The van der Waals surface area contributed by atoms with E-state index in [1.807, 2.05) is 18.2 Å². The molecule has 0 spiro atoms. The Bertz CT molecular complexity index is 617. The summed E-state index contributed by atoms with van der Waals surface area (Å²) in [6.45, 7) is 0. The van der Waals surface area contributed by atoms with Crippen molar-refractivity contribution < 1.29 is 14.3 Å². The maximum atomic E-state index is 11.5. The van der Waals surface area contributed by atoms with Crippen molar-refractivity contribution >= 4 is 34.2 Å². The van der Waals surface area contributed by atoms with Gasteiger partial charge in [-0.05, 0) is 40.8 Å². The molecule has 0 bridgehead atoms. The molecular formula is C13H11IN2O3. The minimum absolute atomic E-state index is 0.234. The fourth-order valence-corrected chi connectivity index (χ4v) is 1.96. The number of hydrogen-bond donors (Lipinski definition) is 1. The third-order valence-corrected chi connectivity index (χ3v) is 3.00. The molecule has 0 aliphatic carbocycles. The van der Waals surface area contributed by atoms with Crippen LogP contribution in [0.1, 0.15) is 10.4 Å². The Morgan fingerprint density at radius 3 is 2.84 bits per heavy atom. The summed E-state index contributed by atoms with van der Waals surface area (Å²) in [5.41, 5.74) is 6.15. The Balaban J connectivity index is 2.29. The molecule has 0 saturated carbocycles. The SMILES string of the molecule is COC(=O)c1cc(Oc2cccc(I)c2)ncc1N. The maximum Gasteiger partial charge on any atom is 0.340 e. The Hall–Kier alpha value is -1.83. The molecular weight excluding hydrogens is 359 g/mol. The molecule has 0 saturated heterocycles. The molecule has 2 aromatic rings. The lowest BCUT2D eigenvalue weighted by atomic mass is 10.2. The first-order valence-electron chi connectivity index (χ1n) is 5.37. The zero-order valence-electron chi connectivity index (χ0n) is 10.1. The molecule has 2 N–H and O–H groups in total. The van der Waals surface area contributed by atoms with E-state index >= 15 is 0 Å². The van der Waals surface area contributed by atoms with Gasteiger partial charge in [-0.15, -0.1) is 0 Å². The number of carbonyl (C=O) groups is 1. The number of nitrogens with two attached hydrogens (primary N) is 1. The molecule has 1 aromatic heterocycles. The van der Waals surface area contributed by atoms with Crippen LogP contribution in [-0.4, -0.2) is 18.1 Å². The number of halogens is 1. The van der Waals surface area contributed by atoms with Crippen molar-refractivity contribution in [2.75, 3.05) is 12.8 Å². The average molecular weight is 370 g/mol. The molecule has 0 fully saturated rings.